The van der Waals surface area contributed by atoms with E-state index in [0.717, 1.165) is 61.7 Å². The maximum absolute atomic E-state index is 13.6. The van der Waals surface area contributed by atoms with Crippen LogP contribution in [0.3, 0.4) is 0 Å². The summed E-state index contributed by atoms with van der Waals surface area (Å²) in [7, 11) is 0. The molecular weight excluding hydrogens is 390 g/mol. The molecule has 0 spiro atoms. The van der Waals surface area contributed by atoms with Crippen LogP contribution in [-0.4, -0.2) is 27.3 Å². The third-order valence-electron chi connectivity index (χ3n) is 6.00. The van der Waals surface area contributed by atoms with E-state index in [2.05, 4.69) is 19.2 Å². The summed E-state index contributed by atoms with van der Waals surface area (Å²) in [6.07, 6.45) is 9.39. The molecule has 1 amide bonds. The molecule has 2 aliphatic rings. The summed E-state index contributed by atoms with van der Waals surface area (Å²) < 4.78 is 1.86. The predicted octanol–water partition coefficient (Wildman–Crippen LogP) is 4.46. The van der Waals surface area contributed by atoms with Crippen LogP contribution in [0.25, 0.3) is 10.2 Å². The molecular formula is C21H29N3O2S2. The monoisotopic (exact) mass is 419 g/mol. The molecule has 2 unspecified atom stereocenters. The Kier molecular flexibility index (Phi) is 6.11. The van der Waals surface area contributed by atoms with E-state index in [1.807, 2.05) is 4.57 Å². The topological polar surface area (TPSA) is 64.0 Å². The molecule has 2 atom stereocenters. The van der Waals surface area contributed by atoms with Gasteiger partial charge in [0.1, 0.15) is 4.83 Å². The molecule has 1 saturated heterocycles. The van der Waals surface area contributed by atoms with Crippen molar-refractivity contribution in [3.63, 3.8) is 0 Å². The van der Waals surface area contributed by atoms with E-state index in [1.54, 1.807) is 11.3 Å². The standard InChI is InChI=1S/C21H29N3O2S2/c1-3-13(2)24-20(26)17-14-9-5-4-6-10-15(14)27-19(17)23-21(24)28-16-11-7-8-12-22-18(16)25/h13,16H,3-12H2,1-2H3,(H,22,25). The number of aromatic nitrogens is 2. The molecule has 0 bridgehead atoms. The highest BCUT2D eigenvalue weighted by Gasteiger charge is 2.27. The SMILES string of the molecule is CCC(C)n1c(SC2CCCCNC2=O)nc2sc3c(c2c1=O)CCCCC3. The summed E-state index contributed by atoms with van der Waals surface area (Å²) in [6.45, 7) is 4.93. The minimum Gasteiger partial charge on any atom is -0.355 e. The van der Waals surface area contributed by atoms with Crippen molar-refractivity contribution in [1.82, 2.24) is 14.9 Å². The van der Waals surface area contributed by atoms with Crippen LogP contribution in [0.1, 0.15) is 75.3 Å². The lowest BCUT2D eigenvalue weighted by atomic mass is 10.1. The zero-order valence-corrected chi connectivity index (χ0v) is 18.4. The fourth-order valence-corrected chi connectivity index (χ4v) is 6.74. The van der Waals surface area contributed by atoms with Crippen LogP contribution in [0.2, 0.25) is 0 Å². The van der Waals surface area contributed by atoms with Crippen LogP contribution in [0.5, 0.6) is 0 Å². The maximum atomic E-state index is 13.6. The average molecular weight is 420 g/mol. The summed E-state index contributed by atoms with van der Waals surface area (Å²) in [4.78, 5) is 33.3. The van der Waals surface area contributed by atoms with E-state index in [-0.39, 0.29) is 22.8 Å². The minimum atomic E-state index is -0.167. The fraction of sp³-hybridized carbons (Fsp3) is 0.667. The zero-order chi connectivity index (χ0) is 19.7. The van der Waals surface area contributed by atoms with Gasteiger partial charge >= 0.3 is 0 Å². The van der Waals surface area contributed by atoms with Gasteiger partial charge in [-0.2, -0.15) is 0 Å². The molecule has 1 N–H and O–H groups in total. The van der Waals surface area contributed by atoms with Gasteiger partial charge in [-0.15, -0.1) is 11.3 Å². The number of hydrogen-bond donors (Lipinski definition) is 1. The first-order valence-electron chi connectivity index (χ1n) is 10.6. The molecule has 0 saturated carbocycles. The summed E-state index contributed by atoms with van der Waals surface area (Å²) in [5, 5.41) is 4.39. The van der Waals surface area contributed by atoms with Crippen LogP contribution in [0.15, 0.2) is 9.95 Å². The first-order valence-corrected chi connectivity index (χ1v) is 12.3. The summed E-state index contributed by atoms with van der Waals surface area (Å²) >= 11 is 3.18. The van der Waals surface area contributed by atoms with E-state index < -0.39 is 0 Å². The number of aryl methyl sites for hydroxylation is 2. The number of nitrogens with one attached hydrogen (secondary N) is 1. The second-order valence-electron chi connectivity index (χ2n) is 7.96. The van der Waals surface area contributed by atoms with Crippen molar-refractivity contribution in [3.05, 3.63) is 20.8 Å². The van der Waals surface area contributed by atoms with Crippen molar-refractivity contribution < 1.29 is 4.79 Å². The highest BCUT2D eigenvalue weighted by molar-refractivity contribution is 8.00. The van der Waals surface area contributed by atoms with E-state index in [4.69, 9.17) is 4.98 Å². The van der Waals surface area contributed by atoms with Gasteiger partial charge in [0, 0.05) is 17.5 Å². The Morgan fingerprint density at radius 2 is 2.04 bits per heavy atom. The van der Waals surface area contributed by atoms with Gasteiger partial charge in [0.05, 0.1) is 10.6 Å². The highest BCUT2D eigenvalue weighted by Crippen LogP contribution is 2.36. The van der Waals surface area contributed by atoms with E-state index in [1.165, 1.54) is 35.0 Å². The number of thioether (sulfide) groups is 1. The molecule has 0 radical (unpaired) electrons. The van der Waals surface area contributed by atoms with Crippen molar-refractivity contribution in [2.45, 2.75) is 88.1 Å². The molecule has 1 aliphatic carbocycles. The molecule has 1 aliphatic heterocycles. The fourth-order valence-electron chi connectivity index (χ4n) is 4.18. The molecule has 28 heavy (non-hydrogen) atoms. The molecule has 5 nitrogen and oxygen atoms in total. The molecule has 1 fully saturated rings. The third kappa shape index (κ3) is 3.75. The van der Waals surface area contributed by atoms with Gasteiger partial charge in [-0.3, -0.25) is 14.2 Å². The molecule has 2 aromatic heterocycles. The Labute approximate surface area is 174 Å². The van der Waals surface area contributed by atoms with E-state index >= 15 is 0 Å². The molecule has 3 heterocycles. The predicted molar refractivity (Wildman–Crippen MR) is 117 cm³/mol. The van der Waals surface area contributed by atoms with Gasteiger partial charge < -0.3 is 5.32 Å². The number of hydrogen-bond acceptors (Lipinski definition) is 5. The van der Waals surface area contributed by atoms with Gasteiger partial charge in [0.15, 0.2) is 5.16 Å². The van der Waals surface area contributed by atoms with Crippen molar-refractivity contribution in [1.29, 1.82) is 0 Å². The normalized spacial score (nSPS) is 21.6. The van der Waals surface area contributed by atoms with Gasteiger partial charge in [0.2, 0.25) is 5.91 Å². The van der Waals surface area contributed by atoms with Crippen LogP contribution in [0.4, 0.5) is 0 Å². The molecule has 4 rings (SSSR count). The van der Waals surface area contributed by atoms with Crippen molar-refractivity contribution >= 4 is 39.2 Å². The molecule has 2 aromatic rings. The lowest BCUT2D eigenvalue weighted by molar-refractivity contribution is -0.120. The van der Waals surface area contributed by atoms with Crippen molar-refractivity contribution in [2.75, 3.05) is 6.54 Å². The third-order valence-corrected chi connectivity index (χ3v) is 8.42. The second-order valence-corrected chi connectivity index (χ2v) is 10.2. The minimum absolute atomic E-state index is 0.0714. The van der Waals surface area contributed by atoms with Gasteiger partial charge in [-0.05, 0) is 57.4 Å². The van der Waals surface area contributed by atoms with Gasteiger partial charge in [-0.25, -0.2) is 4.98 Å². The highest BCUT2D eigenvalue weighted by atomic mass is 32.2. The molecule has 152 valence electrons. The number of thiophene rings is 1. The number of carbonyl (C=O) groups is 1. The Bertz CT molecular complexity index is 934. The Balaban J connectivity index is 1.83. The quantitative estimate of drug-likeness (QED) is 0.587. The largest absolute Gasteiger partial charge is 0.355 e. The summed E-state index contributed by atoms with van der Waals surface area (Å²) in [5.41, 5.74) is 1.34. The lowest BCUT2D eigenvalue weighted by Gasteiger charge is -2.20. The van der Waals surface area contributed by atoms with Crippen molar-refractivity contribution in [3.8, 4) is 0 Å². The molecule has 0 aromatic carbocycles. The van der Waals surface area contributed by atoms with Crippen LogP contribution >= 0.6 is 23.1 Å². The number of amides is 1. The Morgan fingerprint density at radius 1 is 1.21 bits per heavy atom. The molecule has 7 heteroatoms. The average Bonchev–Trinajstić information content (AvgIpc) is 2.82. The van der Waals surface area contributed by atoms with Crippen LogP contribution in [0, 0.1) is 0 Å². The first kappa shape index (κ1) is 20.0. The van der Waals surface area contributed by atoms with Crippen molar-refractivity contribution in [2.24, 2.45) is 0 Å². The van der Waals surface area contributed by atoms with Gasteiger partial charge in [-0.1, -0.05) is 31.5 Å². The number of rotatable bonds is 4. The van der Waals surface area contributed by atoms with Gasteiger partial charge in [0.25, 0.3) is 5.56 Å². The second kappa shape index (κ2) is 8.57. The first-order chi connectivity index (χ1) is 13.6. The lowest BCUT2D eigenvalue weighted by Crippen LogP contribution is -2.32. The smallest absolute Gasteiger partial charge is 0.263 e. The number of fused-ring (bicyclic) bond motifs is 3. The van der Waals surface area contributed by atoms with Crippen LogP contribution < -0.4 is 10.9 Å². The zero-order valence-electron chi connectivity index (χ0n) is 16.8. The van der Waals surface area contributed by atoms with E-state index in [0.29, 0.717) is 5.16 Å². The number of nitrogens with zero attached hydrogens (tertiary/aromatic N) is 2. The maximum Gasteiger partial charge on any atom is 0.263 e. The van der Waals surface area contributed by atoms with E-state index in [9.17, 15) is 9.59 Å². The summed E-state index contributed by atoms with van der Waals surface area (Å²) in [6, 6.07) is 0.0714. The van der Waals surface area contributed by atoms with Crippen LogP contribution in [-0.2, 0) is 17.6 Å². The Hall–Kier alpha value is -1.34. The Morgan fingerprint density at radius 3 is 2.86 bits per heavy atom. The number of carbonyl (C=O) groups excluding carboxylic acids is 1. The summed E-state index contributed by atoms with van der Waals surface area (Å²) in [5.74, 6) is 0.0782.